The van der Waals surface area contributed by atoms with Crippen molar-refractivity contribution in [2.45, 2.75) is 20.0 Å². The lowest BCUT2D eigenvalue weighted by Crippen LogP contribution is -2.24. The van der Waals surface area contributed by atoms with E-state index in [1.165, 1.54) is 0 Å². The van der Waals surface area contributed by atoms with Crippen molar-refractivity contribution in [3.8, 4) is 11.5 Å². The second-order valence-corrected chi connectivity index (χ2v) is 5.52. The molecule has 0 saturated heterocycles. The van der Waals surface area contributed by atoms with Gasteiger partial charge in [0.15, 0.2) is 23.4 Å². The van der Waals surface area contributed by atoms with Gasteiger partial charge in [-0.15, -0.1) is 0 Å². The highest BCUT2D eigenvalue weighted by atomic mass is 79.9. The highest BCUT2D eigenvalue weighted by molar-refractivity contribution is 9.10. The summed E-state index contributed by atoms with van der Waals surface area (Å²) in [6.45, 7) is 5.16. The van der Waals surface area contributed by atoms with Crippen LogP contribution in [0.1, 0.15) is 24.5 Å². The number of anilines is 1. The monoisotopic (exact) mass is 349 g/mol. The van der Waals surface area contributed by atoms with Crippen molar-refractivity contribution in [1.82, 2.24) is 9.97 Å². The van der Waals surface area contributed by atoms with E-state index < -0.39 is 0 Å². The fourth-order valence-electron chi connectivity index (χ4n) is 2.16. The summed E-state index contributed by atoms with van der Waals surface area (Å²) in [4.78, 5) is 9.05. The first kappa shape index (κ1) is 14.1. The molecule has 1 aliphatic heterocycles. The predicted octanol–water partition coefficient (Wildman–Crippen LogP) is 3.49. The molecule has 1 atom stereocenters. The van der Waals surface area contributed by atoms with Gasteiger partial charge < -0.3 is 14.8 Å². The van der Waals surface area contributed by atoms with E-state index in [0.29, 0.717) is 12.4 Å². The average molecular weight is 350 g/mol. The van der Waals surface area contributed by atoms with Gasteiger partial charge in [0, 0.05) is 6.54 Å². The smallest absolute Gasteiger partial charge is 0.192 e. The highest BCUT2D eigenvalue weighted by Crippen LogP contribution is 2.36. The van der Waals surface area contributed by atoms with Crippen molar-refractivity contribution in [3.05, 3.63) is 40.3 Å². The topological polar surface area (TPSA) is 56.3 Å². The molecule has 21 heavy (non-hydrogen) atoms. The van der Waals surface area contributed by atoms with Crippen LogP contribution in [0.5, 0.6) is 11.5 Å². The van der Waals surface area contributed by atoms with E-state index in [0.717, 1.165) is 34.0 Å². The van der Waals surface area contributed by atoms with Crippen molar-refractivity contribution in [2.24, 2.45) is 0 Å². The van der Waals surface area contributed by atoms with Crippen LogP contribution in [-0.2, 0) is 0 Å². The molecule has 6 heteroatoms. The van der Waals surface area contributed by atoms with Crippen LogP contribution in [0.2, 0.25) is 0 Å². The van der Waals surface area contributed by atoms with Gasteiger partial charge >= 0.3 is 0 Å². The maximum Gasteiger partial charge on any atom is 0.192 e. The van der Waals surface area contributed by atoms with E-state index in [2.05, 4.69) is 31.2 Å². The van der Waals surface area contributed by atoms with Crippen LogP contribution in [0.25, 0.3) is 0 Å². The Labute approximate surface area is 131 Å². The maximum atomic E-state index is 5.95. The molecule has 0 spiro atoms. The van der Waals surface area contributed by atoms with Crippen molar-refractivity contribution in [3.63, 3.8) is 0 Å². The highest BCUT2D eigenvalue weighted by Gasteiger charge is 2.26. The van der Waals surface area contributed by atoms with Crippen LogP contribution in [0.4, 0.5) is 5.82 Å². The quantitative estimate of drug-likeness (QED) is 0.918. The summed E-state index contributed by atoms with van der Waals surface area (Å²) in [5.74, 6) is 2.89. The number of nitrogens with zero attached hydrogens (tertiary/aromatic N) is 2. The number of para-hydroxylation sites is 2. The summed E-state index contributed by atoms with van der Waals surface area (Å²) in [7, 11) is 0. The fourth-order valence-corrected chi connectivity index (χ4v) is 2.47. The van der Waals surface area contributed by atoms with Crippen LogP contribution in [0.3, 0.4) is 0 Å². The van der Waals surface area contributed by atoms with Gasteiger partial charge in [0.05, 0.1) is 10.2 Å². The van der Waals surface area contributed by atoms with Gasteiger partial charge in [-0.3, -0.25) is 0 Å². The normalized spacial score (nSPS) is 16.6. The zero-order chi connectivity index (χ0) is 14.8. The molecule has 0 radical (unpaired) electrons. The molecule has 2 aromatic rings. The number of fused-ring (bicyclic) bond motifs is 1. The van der Waals surface area contributed by atoms with E-state index in [-0.39, 0.29) is 6.10 Å². The van der Waals surface area contributed by atoms with Crippen LogP contribution >= 0.6 is 15.9 Å². The summed E-state index contributed by atoms with van der Waals surface area (Å²) in [6.07, 6.45) is -0.302. The van der Waals surface area contributed by atoms with E-state index in [1.807, 2.05) is 38.1 Å². The lowest BCUT2D eigenvalue weighted by atomic mass is 10.2. The molecule has 1 N–H and O–H groups in total. The fraction of sp³-hybridized carbons (Fsp3) is 0.333. The molecule has 0 fully saturated rings. The molecule has 0 saturated carbocycles. The van der Waals surface area contributed by atoms with Crippen molar-refractivity contribution in [1.29, 1.82) is 0 Å². The predicted molar refractivity (Wildman–Crippen MR) is 83.9 cm³/mol. The molecule has 0 aliphatic carbocycles. The third kappa shape index (κ3) is 2.81. The number of nitrogens with one attached hydrogen (secondary N) is 1. The second kappa shape index (κ2) is 5.89. The Balaban J connectivity index is 1.91. The van der Waals surface area contributed by atoms with Crippen LogP contribution in [0, 0.1) is 6.92 Å². The zero-order valence-electron chi connectivity index (χ0n) is 11.9. The lowest BCUT2D eigenvalue weighted by molar-refractivity contribution is 0.0850. The molecule has 110 valence electrons. The minimum absolute atomic E-state index is 0.302. The Bertz CT molecular complexity index is 663. The molecule has 1 unspecified atom stereocenters. The van der Waals surface area contributed by atoms with Crippen molar-refractivity contribution in [2.75, 3.05) is 18.5 Å². The number of ether oxygens (including phenoxy) is 2. The van der Waals surface area contributed by atoms with Gasteiger partial charge in [0.25, 0.3) is 0 Å². The Hall–Kier alpha value is -1.82. The van der Waals surface area contributed by atoms with Crippen LogP contribution in [-0.4, -0.2) is 23.1 Å². The van der Waals surface area contributed by atoms with E-state index >= 15 is 0 Å². The third-order valence-corrected chi connectivity index (χ3v) is 4.12. The molecular formula is C15H16BrN3O2. The summed E-state index contributed by atoms with van der Waals surface area (Å²) >= 11 is 3.51. The molecule has 1 aliphatic rings. The molecule has 3 rings (SSSR count). The Morgan fingerprint density at radius 1 is 1.29 bits per heavy atom. The molecule has 1 aromatic carbocycles. The Morgan fingerprint density at radius 2 is 2.05 bits per heavy atom. The van der Waals surface area contributed by atoms with Gasteiger partial charge in [-0.2, -0.15) is 0 Å². The SMILES string of the molecule is CCNc1nc(C2COc3ccccc3O2)nc(C)c1Br. The summed E-state index contributed by atoms with van der Waals surface area (Å²) in [5, 5.41) is 3.22. The number of hydrogen-bond acceptors (Lipinski definition) is 5. The van der Waals surface area contributed by atoms with Gasteiger partial charge in [-0.1, -0.05) is 12.1 Å². The average Bonchev–Trinajstić information content (AvgIpc) is 2.51. The minimum atomic E-state index is -0.302. The third-order valence-electron chi connectivity index (χ3n) is 3.17. The molecule has 2 heterocycles. The summed E-state index contributed by atoms with van der Waals surface area (Å²) in [5.41, 5.74) is 0.874. The van der Waals surface area contributed by atoms with E-state index in [9.17, 15) is 0 Å². The maximum absolute atomic E-state index is 5.95. The molecule has 0 bridgehead atoms. The van der Waals surface area contributed by atoms with E-state index in [4.69, 9.17) is 9.47 Å². The number of rotatable bonds is 3. The number of hydrogen-bond donors (Lipinski definition) is 1. The molecule has 5 nitrogen and oxygen atoms in total. The Morgan fingerprint density at radius 3 is 2.81 bits per heavy atom. The van der Waals surface area contributed by atoms with Crippen LogP contribution < -0.4 is 14.8 Å². The van der Waals surface area contributed by atoms with Crippen molar-refractivity contribution < 1.29 is 9.47 Å². The molecule has 0 amide bonds. The zero-order valence-corrected chi connectivity index (χ0v) is 13.5. The summed E-state index contributed by atoms with van der Waals surface area (Å²) < 4.78 is 12.6. The van der Waals surface area contributed by atoms with Crippen molar-refractivity contribution >= 4 is 21.7 Å². The largest absolute Gasteiger partial charge is 0.485 e. The first-order chi connectivity index (χ1) is 10.2. The van der Waals surface area contributed by atoms with Crippen LogP contribution in [0.15, 0.2) is 28.7 Å². The lowest BCUT2D eigenvalue weighted by Gasteiger charge is -2.26. The first-order valence-corrected chi connectivity index (χ1v) is 7.64. The van der Waals surface area contributed by atoms with Gasteiger partial charge in [-0.05, 0) is 41.9 Å². The molecular weight excluding hydrogens is 334 g/mol. The number of halogens is 1. The van der Waals surface area contributed by atoms with Gasteiger partial charge in [0.1, 0.15) is 12.4 Å². The van der Waals surface area contributed by atoms with E-state index in [1.54, 1.807) is 0 Å². The number of aromatic nitrogens is 2. The first-order valence-electron chi connectivity index (χ1n) is 6.85. The van der Waals surface area contributed by atoms with Gasteiger partial charge in [-0.25, -0.2) is 9.97 Å². The minimum Gasteiger partial charge on any atom is -0.485 e. The Kier molecular flexibility index (Phi) is 3.96. The second-order valence-electron chi connectivity index (χ2n) is 4.72. The number of benzene rings is 1. The van der Waals surface area contributed by atoms with Gasteiger partial charge in [0.2, 0.25) is 0 Å². The number of aryl methyl sites for hydroxylation is 1. The standard InChI is InChI=1S/C15H16BrN3O2/c1-3-17-15-13(16)9(2)18-14(19-15)12-8-20-10-6-4-5-7-11(10)21-12/h4-7,12H,3,8H2,1-2H3,(H,17,18,19). The summed E-state index contributed by atoms with van der Waals surface area (Å²) in [6, 6.07) is 7.62. The molecule has 1 aromatic heterocycles.